The summed E-state index contributed by atoms with van der Waals surface area (Å²) in [6.07, 6.45) is 2.33. The molecule has 1 aliphatic carbocycles. The van der Waals surface area contributed by atoms with E-state index in [2.05, 4.69) is 5.32 Å². The number of carboxylic acid groups (broad SMARTS) is 1. The molecule has 0 saturated heterocycles. The Morgan fingerprint density at radius 2 is 2.19 bits per heavy atom. The maximum absolute atomic E-state index is 12.0. The highest BCUT2D eigenvalue weighted by molar-refractivity contribution is 5.82. The van der Waals surface area contributed by atoms with Gasteiger partial charge in [-0.3, -0.25) is 9.59 Å². The zero-order valence-corrected chi connectivity index (χ0v) is 12.2. The van der Waals surface area contributed by atoms with Crippen LogP contribution in [0.4, 0.5) is 0 Å². The lowest BCUT2D eigenvalue weighted by molar-refractivity contribution is -0.137. The van der Waals surface area contributed by atoms with E-state index in [1.165, 1.54) is 0 Å². The summed E-state index contributed by atoms with van der Waals surface area (Å²) < 4.78 is 5.19. The molecular weight excluding hydrogens is 270 g/mol. The predicted molar refractivity (Wildman–Crippen MR) is 78.3 cm³/mol. The van der Waals surface area contributed by atoms with E-state index in [9.17, 15) is 9.59 Å². The van der Waals surface area contributed by atoms with E-state index in [1.807, 2.05) is 24.3 Å². The molecule has 2 atom stereocenters. The Kier molecular flexibility index (Phi) is 5.20. The second-order valence-electron chi connectivity index (χ2n) is 5.37. The first-order chi connectivity index (χ1) is 10.1. The first-order valence-electron chi connectivity index (χ1n) is 7.25. The minimum absolute atomic E-state index is 0.0385. The number of amides is 1. The van der Waals surface area contributed by atoms with Crippen molar-refractivity contribution in [2.24, 2.45) is 5.92 Å². The largest absolute Gasteiger partial charge is 0.497 e. The van der Waals surface area contributed by atoms with Gasteiger partial charge in [-0.25, -0.2) is 0 Å². The smallest absolute Gasteiger partial charge is 0.303 e. The fraction of sp³-hybridized carbons (Fsp3) is 0.500. The molecule has 21 heavy (non-hydrogen) atoms. The molecule has 1 saturated carbocycles. The summed E-state index contributed by atoms with van der Waals surface area (Å²) in [5.41, 5.74) is 1.14. The van der Waals surface area contributed by atoms with Gasteiger partial charge in [-0.1, -0.05) is 12.1 Å². The number of carbonyl (C=O) groups is 2. The first kappa shape index (κ1) is 15.4. The van der Waals surface area contributed by atoms with E-state index >= 15 is 0 Å². The maximum atomic E-state index is 12.0. The number of rotatable bonds is 8. The van der Waals surface area contributed by atoms with Gasteiger partial charge in [0.25, 0.3) is 0 Å². The minimum atomic E-state index is -0.790. The van der Waals surface area contributed by atoms with Crippen LogP contribution in [0.2, 0.25) is 0 Å². The number of carbonyl (C=O) groups excluding carboxylic acids is 1. The van der Waals surface area contributed by atoms with E-state index in [-0.39, 0.29) is 24.2 Å². The fourth-order valence-electron chi connectivity index (χ4n) is 2.47. The average molecular weight is 291 g/mol. The number of hydrogen-bond acceptors (Lipinski definition) is 3. The van der Waals surface area contributed by atoms with Crippen molar-refractivity contribution in [3.8, 4) is 5.75 Å². The van der Waals surface area contributed by atoms with Gasteiger partial charge in [0.1, 0.15) is 5.75 Å². The van der Waals surface area contributed by atoms with Gasteiger partial charge in [0.2, 0.25) is 5.91 Å². The van der Waals surface area contributed by atoms with Crippen LogP contribution >= 0.6 is 0 Å². The molecule has 2 N–H and O–H groups in total. The number of ether oxygens (including phenoxy) is 1. The molecule has 5 nitrogen and oxygen atoms in total. The number of nitrogens with one attached hydrogen (secondary N) is 1. The van der Waals surface area contributed by atoms with Gasteiger partial charge in [0.15, 0.2) is 0 Å². The molecule has 0 radical (unpaired) electrons. The summed E-state index contributed by atoms with van der Waals surface area (Å²) in [5, 5.41) is 11.4. The number of benzene rings is 1. The second kappa shape index (κ2) is 7.11. The highest BCUT2D eigenvalue weighted by Gasteiger charge is 2.43. The van der Waals surface area contributed by atoms with Gasteiger partial charge in [-0.05, 0) is 42.9 Å². The molecule has 1 fully saturated rings. The van der Waals surface area contributed by atoms with Crippen LogP contribution in [0.1, 0.15) is 37.2 Å². The lowest BCUT2D eigenvalue weighted by Gasteiger charge is -2.05. The maximum Gasteiger partial charge on any atom is 0.303 e. The van der Waals surface area contributed by atoms with E-state index in [4.69, 9.17) is 9.84 Å². The summed E-state index contributed by atoms with van der Waals surface area (Å²) in [7, 11) is 1.63. The number of unbranched alkanes of at least 4 members (excludes halogenated alkanes) is 1. The predicted octanol–water partition coefficient (Wildman–Crippen LogP) is 2.17. The molecule has 0 heterocycles. The van der Waals surface area contributed by atoms with Crippen molar-refractivity contribution in [3.63, 3.8) is 0 Å². The van der Waals surface area contributed by atoms with Crippen LogP contribution in [0, 0.1) is 5.92 Å². The van der Waals surface area contributed by atoms with Crippen molar-refractivity contribution < 1.29 is 19.4 Å². The Bertz CT molecular complexity index is 515. The number of carboxylic acids is 1. The van der Waals surface area contributed by atoms with Crippen LogP contribution < -0.4 is 10.1 Å². The van der Waals surface area contributed by atoms with Crippen molar-refractivity contribution >= 4 is 11.9 Å². The van der Waals surface area contributed by atoms with E-state index in [0.29, 0.717) is 19.4 Å². The lowest BCUT2D eigenvalue weighted by atomic mass is 10.1. The molecule has 0 spiro atoms. The zero-order valence-electron chi connectivity index (χ0n) is 12.2. The molecule has 0 bridgehead atoms. The van der Waals surface area contributed by atoms with Gasteiger partial charge in [-0.15, -0.1) is 0 Å². The minimum Gasteiger partial charge on any atom is -0.497 e. The SMILES string of the molecule is COc1cccc([C@H]2C[C@@H]2C(=O)NCCCCC(=O)O)c1. The summed E-state index contributed by atoms with van der Waals surface area (Å²) in [4.78, 5) is 22.4. The fourth-order valence-corrected chi connectivity index (χ4v) is 2.47. The third-order valence-corrected chi connectivity index (χ3v) is 3.77. The Labute approximate surface area is 124 Å². The first-order valence-corrected chi connectivity index (χ1v) is 7.25. The Morgan fingerprint density at radius 1 is 1.38 bits per heavy atom. The van der Waals surface area contributed by atoms with Gasteiger partial charge in [-0.2, -0.15) is 0 Å². The summed E-state index contributed by atoms with van der Waals surface area (Å²) in [6.45, 7) is 0.549. The number of aliphatic carboxylic acids is 1. The molecule has 114 valence electrons. The number of methoxy groups -OCH3 is 1. The molecule has 1 aromatic carbocycles. The molecule has 1 aliphatic rings. The second-order valence-corrected chi connectivity index (χ2v) is 5.37. The van der Waals surface area contributed by atoms with Crippen molar-refractivity contribution in [2.45, 2.75) is 31.6 Å². The van der Waals surface area contributed by atoms with Gasteiger partial charge < -0.3 is 15.2 Å². The summed E-state index contributed by atoms with van der Waals surface area (Å²) >= 11 is 0. The van der Waals surface area contributed by atoms with Crippen LogP contribution in [0.3, 0.4) is 0 Å². The third-order valence-electron chi connectivity index (χ3n) is 3.77. The Hall–Kier alpha value is -2.04. The normalized spacial score (nSPS) is 19.9. The Morgan fingerprint density at radius 3 is 2.90 bits per heavy atom. The Balaban J connectivity index is 1.72. The summed E-state index contributed by atoms with van der Waals surface area (Å²) in [5.74, 6) is 0.405. The molecule has 0 unspecified atom stereocenters. The quantitative estimate of drug-likeness (QED) is 0.720. The van der Waals surface area contributed by atoms with Crippen LogP contribution in [-0.4, -0.2) is 30.6 Å². The van der Waals surface area contributed by atoms with E-state index in [0.717, 1.165) is 17.7 Å². The topological polar surface area (TPSA) is 75.6 Å². The third kappa shape index (κ3) is 4.48. The van der Waals surface area contributed by atoms with Crippen LogP contribution in [0.15, 0.2) is 24.3 Å². The highest BCUT2D eigenvalue weighted by atomic mass is 16.5. The standard InChI is InChI=1S/C16H21NO4/c1-21-12-6-4-5-11(9-12)13-10-14(13)16(20)17-8-3-2-7-15(18)19/h4-6,9,13-14H,2-3,7-8,10H2,1H3,(H,17,20)(H,18,19)/t13-,14+/m1/s1. The average Bonchev–Trinajstić information content (AvgIpc) is 3.27. The zero-order chi connectivity index (χ0) is 15.2. The molecule has 0 aromatic heterocycles. The van der Waals surface area contributed by atoms with Crippen molar-refractivity contribution in [2.75, 3.05) is 13.7 Å². The molecule has 0 aliphatic heterocycles. The van der Waals surface area contributed by atoms with Crippen molar-refractivity contribution in [3.05, 3.63) is 29.8 Å². The number of hydrogen-bond donors (Lipinski definition) is 2. The van der Waals surface area contributed by atoms with E-state index in [1.54, 1.807) is 7.11 Å². The molecular formula is C16H21NO4. The lowest BCUT2D eigenvalue weighted by Crippen LogP contribution is -2.26. The molecule has 2 rings (SSSR count). The van der Waals surface area contributed by atoms with E-state index < -0.39 is 5.97 Å². The highest BCUT2D eigenvalue weighted by Crippen LogP contribution is 2.48. The van der Waals surface area contributed by atoms with Crippen molar-refractivity contribution in [1.29, 1.82) is 0 Å². The van der Waals surface area contributed by atoms with Crippen molar-refractivity contribution in [1.82, 2.24) is 5.32 Å². The van der Waals surface area contributed by atoms with Crippen LogP contribution in [-0.2, 0) is 9.59 Å². The van der Waals surface area contributed by atoms with Crippen LogP contribution in [0.5, 0.6) is 5.75 Å². The monoisotopic (exact) mass is 291 g/mol. The summed E-state index contributed by atoms with van der Waals surface area (Å²) in [6, 6.07) is 7.83. The van der Waals surface area contributed by atoms with Gasteiger partial charge in [0.05, 0.1) is 7.11 Å². The van der Waals surface area contributed by atoms with Gasteiger partial charge >= 0.3 is 5.97 Å². The van der Waals surface area contributed by atoms with Gasteiger partial charge in [0, 0.05) is 18.9 Å². The van der Waals surface area contributed by atoms with Crippen LogP contribution in [0.25, 0.3) is 0 Å². The molecule has 1 amide bonds. The molecule has 1 aromatic rings. The molecule has 5 heteroatoms.